The fourth-order valence-corrected chi connectivity index (χ4v) is 3.41. The summed E-state index contributed by atoms with van der Waals surface area (Å²) in [6.45, 7) is 4.18. The summed E-state index contributed by atoms with van der Waals surface area (Å²) in [7, 11) is 0. The lowest BCUT2D eigenvalue weighted by molar-refractivity contribution is -0.116. The lowest BCUT2D eigenvalue weighted by atomic mass is 10.2. The van der Waals surface area contributed by atoms with E-state index in [0.29, 0.717) is 47.7 Å². The Bertz CT molecular complexity index is 1010. The second-order valence-electron chi connectivity index (χ2n) is 6.63. The molecule has 3 rings (SSSR count). The van der Waals surface area contributed by atoms with Gasteiger partial charge in [-0.15, -0.1) is 0 Å². The Balaban J connectivity index is 1.44. The maximum absolute atomic E-state index is 12.1. The van der Waals surface area contributed by atoms with Crippen molar-refractivity contribution < 1.29 is 14.3 Å². The Morgan fingerprint density at radius 3 is 2.43 bits per heavy atom. The van der Waals surface area contributed by atoms with E-state index in [1.165, 1.54) is 0 Å². The minimum absolute atomic E-state index is 0.0909. The fraction of sp³-hybridized carbons (Fsp3) is 0.227. The van der Waals surface area contributed by atoms with Crippen molar-refractivity contribution in [3.8, 4) is 17.5 Å². The molecule has 0 fully saturated rings. The van der Waals surface area contributed by atoms with Gasteiger partial charge in [-0.25, -0.2) is 9.97 Å². The van der Waals surface area contributed by atoms with Crippen LogP contribution in [0.15, 0.2) is 53.0 Å². The molecule has 8 heteroatoms. The molecule has 1 amide bonds. The smallest absolute Gasteiger partial charge is 0.322 e. The van der Waals surface area contributed by atoms with E-state index in [9.17, 15) is 4.79 Å². The quantitative estimate of drug-likeness (QED) is 0.386. The molecular formula is C22H21BrClN3O3. The molecule has 0 bridgehead atoms. The molecule has 0 spiro atoms. The topological polar surface area (TPSA) is 73.3 Å². The van der Waals surface area contributed by atoms with Crippen LogP contribution in [0.3, 0.4) is 0 Å². The van der Waals surface area contributed by atoms with E-state index in [4.69, 9.17) is 21.1 Å². The van der Waals surface area contributed by atoms with Crippen LogP contribution in [0.2, 0.25) is 5.02 Å². The molecule has 0 saturated heterocycles. The highest BCUT2D eigenvalue weighted by atomic mass is 79.9. The van der Waals surface area contributed by atoms with Gasteiger partial charge in [0.15, 0.2) is 0 Å². The van der Waals surface area contributed by atoms with Crippen LogP contribution in [0, 0.1) is 13.8 Å². The van der Waals surface area contributed by atoms with Crippen molar-refractivity contribution in [3.05, 3.63) is 69.4 Å². The number of nitrogens with one attached hydrogen (secondary N) is 1. The van der Waals surface area contributed by atoms with Gasteiger partial charge in [0.2, 0.25) is 5.91 Å². The van der Waals surface area contributed by atoms with Crippen molar-refractivity contribution >= 4 is 39.1 Å². The van der Waals surface area contributed by atoms with Gasteiger partial charge >= 0.3 is 6.01 Å². The zero-order chi connectivity index (χ0) is 21.5. The maximum atomic E-state index is 12.1. The minimum Gasteiger partial charge on any atom is -0.492 e. The molecule has 30 heavy (non-hydrogen) atoms. The Labute approximate surface area is 188 Å². The van der Waals surface area contributed by atoms with Gasteiger partial charge in [0.1, 0.15) is 11.5 Å². The third-order valence-corrected chi connectivity index (χ3v) is 4.80. The van der Waals surface area contributed by atoms with Gasteiger partial charge in [-0.2, -0.15) is 0 Å². The Hall–Kier alpha value is -2.64. The summed E-state index contributed by atoms with van der Waals surface area (Å²) in [5.74, 6) is 1.10. The monoisotopic (exact) mass is 489 g/mol. The Morgan fingerprint density at radius 2 is 1.77 bits per heavy atom. The number of ether oxygens (including phenoxy) is 2. The number of carbonyl (C=O) groups excluding carboxylic acids is 1. The average molecular weight is 491 g/mol. The van der Waals surface area contributed by atoms with Crippen molar-refractivity contribution in [2.45, 2.75) is 26.7 Å². The summed E-state index contributed by atoms with van der Waals surface area (Å²) >= 11 is 9.45. The summed E-state index contributed by atoms with van der Waals surface area (Å²) in [6.07, 6.45) is 0.909. The Kier molecular flexibility index (Phi) is 7.65. The molecule has 1 N–H and O–H groups in total. The molecule has 0 aliphatic carbocycles. The lowest BCUT2D eigenvalue weighted by Crippen LogP contribution is -2.12. The van der Waals surface area contributed by atoms with Crippen LogP contribution in [-0.2, 0) is 4.79 Å². The molecule has 3 aromatic rings. The van der Waals surface area contributed by atoms with Gasteiger partial charge in [0, 0.05) is 28.0 Å². The van der Waals surface area contributed by atoms with Crippen molar-refractivity contribution in [3.63, 3.8) is 0 Å². The maximum Gasteiger partial charge on any atom is 0.322 e. The number of rotatable bonds is 8. The summed E-state index contributed by atoms with van der Waals surface area (Å²) in [5, 5.41) is 3.39. The van der Waals surface area contributed by atoms with Crippen LogP contribution >= 0.6 is 27.5 Å². The minimum atomic E-state index is -0.0909. The van der Waals surface area contributed by atoms with Crippen LogP contribution < -0.4 is 14.8 Å². The Morgan fingerprint density at radius 1 is 1.07 bits per heavy atom. The van der Waals surface area contributed by atoms with Gasteiger partial charge in [-0.3, -0.25) is 4.79 Å². The first-order valence-corrected chi connectivity index (χ1v) is 10.5. The van der Waals surface area contributed by atoms with Crippen LogP contribution in [0.4, 0.5) is 5.69 Å². The van der Waals surface area contributed by atoms with E-state index in [-0.39, 0.29) is 5.91 Å². The molecule has 1 aromatic heterocycles. The summed E-state index contributed by atoms with van der Waals surface area (Å²) in [6, 6.07) is 14.7. The highest BCUT2D eigenvalue weighted by Gasteiger charge is 2.07. The highest BCUT2D eigenvalue weighted by molar-refractivity contribution is 9.10. The third-order valence-electron chi connectivity index (χ3n) is 4.01. The molecule has 0 radical (unpaired) electrons. The van der Waals surface area contributed by atoms with E-state index >= 15 is 0 Å². The van der Waals surface area contributed by atoms with Gasteiger partial charge in [0.25, 0.3) is 0 Å². The average Bonchev–Trinajstić information content (AvgIpc) is 2.67. The molecule has 0 aliphatic heterocycles. The number of nitrogens with zero attached hydrogens (tertiary/aromatic N) is 2. The van der Waals surface area contributed by atoms with Crippen molar-refractivity contribution in [1.29, 1.82) is 0 Å². The standard InChI is InChI=1S/C22H21BrClN3O3/c1-14-12-15(2)26-22(25-14)30-18-8-6-17(7-9-18)27-21(28)4-3-11-29-20-10-5-16(23)13-19(20)24/h5-10,12-13H,3-4,11H2,1-2H3,(H,27,28). The van der Waals surface area contributed by atoms with Gasteiger partial charge in [-0.05, 0) is 68.8 Å². The number of aryl methyl sites for hydroxylation is 2. The first-order chi connectivity index (χ1) is 14.4. The van der Waals surface area contributed by atoms with Crippen LogP contribution in [0.25, 0.3) is 0 Å². The number of hydrogen-bond acceptors (Lipinski definition) is 5. The largest absolute Gasteiger partial charge is 0.492 e. The molecule has 0 atom stereocenters. The highest BCUT2D eigenvalue weighted by Crippen LogP contribution is 2.28. The van der Waals surface area contributed by atoms with Crippen molar-refractivity contribution in [2.75, 3.05) is 11.9 Å². The van der Waals surface area contributed by atoms with Gasteiger partial charge < -0.3 is 14.8 Å². The second-order valence-corrected chi connectivity index (χ2v) is 7.96. The zero-order valence-corrected chi connectivity index (χ0v) is 19.0. The lowest BCUT2D eigenvalue weighted by Gasteiger charge is -2.09. The van der Waals surface area contributed by atoms with E-state index in [1.54, 1.807) is 36.4 Å². The predicted molar refractivity (Wildman–Crippen MR) is 121 cm³/mol. The van der Waals surface area contributed by atoms with E-state index in [2.05, 4.69) is 31.2 Å². The number of carbonyl (C=O) groups is 1. The molecule has 0 saturated carbocycles. The molecule has 0 unspecified atom stereocenters. The predicted octanol–water partition coefficient (Wildman–Crippen LogP) is 6.10. The van der Waals surface area contributed by atoms with E-state index < -0.39 is 0 Å². The van der Waals surface area contributed by atoms with Gasteiger partial charge in [-0.1, -0.05) is 27.5 Å². The number of amides is 1. The van der Waals surface area contributed by atoms with E-state index in [1.807, 2.05) is 26.0 Å². The first-order valence-electron chi connectivity index (χ1n) is 9.37. The van der Waals surface area contributed by atoms with Crippen molar-refractivity contribution in [2.24, 2.45) is 0 Å². The second kappa shape index (κ2) is 10.4. The third kappa shape index (κ3) is 6.71. The summed E-state index contributed by atoms with van der Waals surface area (Å²) < 4.78 is 12.2. The fourth-order valence-electron chi connectivity index (χ4n) is 2.68. The van der Waals surface area contributed by atoms with Crippen LogP contribution in [0.5, 0.6) is 17.5 Å². The molecule has 6 nitrogen and oxygen atoms in total. The molecule has 1 heterocycles. The van der Waals surface area contributed by atoms with Crippen LogP contribution in [-0.4, -0.2) is 22.5 Å². The molecular weight excluding hydrogens is 470 g/mol. The number of aromatic nitrogens is 2. The normalized spacial score (nSPS) is 10.5. The SMILES string of the molecule is Cc1cc(C)nc(Oc2ccc(NC(=O)CCCOc3ccc(Br)cc3Cl)cc2)n1. The number of benzene rings is 2. The van der Waals surface area contributed by atoms with Crippen molar-refractivity contribution in [1.82, 2.24) is 9.97 Å². The zero-order valence-electron chi connectivity index (χ0n) is 16.6. The number of halogens is 2. The first kappa shape index (κ1) is 22.1. The molecule has 156 valence electrons. The number of hydrogen-bond donors (Lipinski definition) is 1. The van der Waals surface area contributed by atoms with E-state index in [0.717, 1.165) is 15.9 Å². The molecule has 2 aromatic carbocycles. The molecule has 0 aliphatic rings. The van der Waals surface area contributed by atoms with Gasteiger partial charge in [0.05, 0.1) is 11.6 Å². The number of anilines is 1. The van der Waals surface area contributed by atoms with Crippen LogP contribution in [0.1, 0.15) is 24.2 Å². The summed E-state index contributed by atoms with van der Waals surface area (Å²) in [5.41, 5.74) is 2.37. The summed E-state index contributed by atoms with van der Waals surface area (Å²) in [4.78, 5) is 20.6.